The van der Waals surface area contributed by atoms with Gasteiger partial charge in [-0.05, 0) is 43.5 Å². The lowest BCUT2D eigenvalue weighted by Crippen LogP contribution is -2.36. The van der Waals surface area contributed by atoms with Gasteiger partial charge in [-0.25, -0.2) is 0 Å². The summed E-state index contributed by atoms with van der Waals surface area (Å²) in [4.78, 5) is 13.9. The molecule has 1 fully saturated rings. The van der Waals surface area contributed by atoms with Gasteiger partial charge in [0.1, 0.15) is 12.4 Å². The fourth-order valence-corrected chi connectivity index (χ4v) is 2.64. The molecule has 0 saturated carbocycles. The maximum atomic E-state index is 12.0. The normalized spacial score (nSPS) is 16.4. The lowest BCUT2D eigenvalue weighted by Gasteiger charge is -2.24. The van der Waals surface area contributed by atoms with E-state index in [1.807, 2.05) is 29.2 Å². The first-order valence-electron chi connectivity index (χ1n) is 7.99. The molecule has 0 aromatic heterocycles. The van der Waals surface area contributed by atoms with E-state index in [9.17, 15) is 4.79 Å². The third-order valence-corrected chi connectivity index (χ3v) is 3.91. The van der Waals surface area contributed by atoms with Crippen molar-refractivity contribution in [3.05, 3.63) is 29.8 Å². The molecule has 0 atom stereocenters. The van der Waals surface area contributed by atoms with E-state index in [0.717, 1.165) is 31.6 Å². The molecule has 0 spiro atoms. The molecule has 4 heteroatoms. The molecule has 1 aromatic rings. The topological polar surface area (TPSA) is 55.6 Å². The summed E-state index contributed by atoms with van der Waals surface area (Å²) in [5.41, 5.74) is 6.76. The lowest BCUT2D eigenvalue weighted by atomic mass is 10.1. The second-order valence-corrected chi connectivity index (χ2v) is 5.58. The molecule has 1 aliphatic rings. The summed E-state index contributed by atoms with van der Waals surface area (Å²) in [7, 11) is 0. The van der Waals surface area contributed by atoms with Gasteiger partial charge in [-0.1, -0.05) is 25.0 Å². The van der Waals surface area contributed by atoms with E-state index < -0.39 is 0 Å². The molecular formula is C17H26N2O2. The number of ether oxygens (including phenoxy) is 1. The second kappa shape index (κ2) is 8.67. The molecule has 1 aliphatic heterocycles. The number of amides is 1. The Hall–Kier alpha value is -1.55. The number of carbonyl (C=O) groups is 1. The molecule has 1 amide bonds. The van der Waals surface area contributed by atoms with Crippen molar-refractivity contribution in [3.8, 4) is 5.75 Å². The van der Waals surface area contributed by atoms with Crippen molar-refractivity contribution in [1.29, 1.82) is 0 Å². The molecule has 1 aromatic carbocycles. The standard InChI is InChI=1S/C17H26N2O2/c18-11-10-15-6-8-16(9-7-15)21-14-13-19-12-4-2-1-3-5-17(19)20/h6-9H,1-5,10-14,18H2. The predicted octanol–water partition coefficient (Wildman–Crippen LogP) is 2.36. The van der Waals surface area contributed by atoms with Crippen LogP contribution in [0.25, 0.3) is 0 Å². The summed E-state index contributed by atoms with van der Waals surface area (Å²) in [6.07, 6.45) is 6.13. The van der Waals surface area contributed by atoms with Crippen molar-refractivity contribution in [1.82, 2.24) is 4.90 Å². The van der Waals surface area contributed by atoms with Gasteiger partial charge < -0.3 is 15.4 Å². The van der Waals surface area contributed by atoms with Gasteiger partial charge in [0.15, 0.2) is 0 Å². The summed E-state index contributed by atoms with van der Waals surface area (Å²) in [6.45, 7) is 2.78. The highest BCUT2D eigenvalue weighted by Crippen LogP contribution is 2.14. The Bertz CT molecular complexity index is 431. The van der Waals surface area contributed by atoms with Crippen LogP contribution in [0.15, 0.2) is 24.3 Å². The zero-order valence-corrected chi connectivity index (χ0v) is 12.7. The fourth-order valence-electron chi connectivity index (χ4n) is 2.64. The minimum Gasteiger partial charge on any atom is -0.492 e. The minimum absolute atomic E-state index is 0.275. The molecule has 2 rings (SSSR count). The zero-order valence-electron chi connectivity index (χ0n) is 12.7. The third kappa shape index (κ3) is 5.38. The van der Waals surface area contributed by atoms with Gasteiger partial charge in [0.25, 0.3) is 0 Å². The molecule has 116 valence electrons. The van der Waals surface area contributed by atoms with E-state index in [0.29, 0.717) is 26.1 Å². The van der Waals surface area contributed by atoms with Crippen LogP contribution in [0, 0.1) is 0 Å². The molecule has 2 N–H and O–H groups in total. The number of nitrogens with two attached hydrogens (primary N) is 1. The molecule has 1 heterocycles. The summed E-state index contributed by atoms with van der Waals surface area (Å²) < 4.78 is 5.74. The number of nitrogens with zero attached hydrogens (tertiary/aromatic N) is 1. The van der Waals surface area contributed by atoms with Crippen molar-refractivity contribution in [2.75, 3.05) is 26.2 Å². The van der Waals surface area contributed by atoms with Crippen LogP contribution in [0.1, 0.15) is 37.7 Å². The molecule has 0 aliphatic carbocycles. The fraction of sp³-hybridized carbons (Fsp3) is 0.588. The first-order chi connectivity index (χ1) is 10.3. The Morgan fingerprint density at radius 3 is 2.62 bits per heavy atom. The first kappa shape index (κ1) is 15.8. The lowest BCUT2D eigenvalue weighted by molar-refractivity contribution is -0.132. The van der Waals surface area contributed by atoms with Crippen LogP contribution >= 0.6 is 0 Å². The number of rotatable bonds is 6. The zero-order chi connectivity index (χ0) is 14.9. The minimum atomic E-state index is 0.275. The van der Waals surface area contributed by atoms with Crippen LogP contribution in [-0.2, 0) is 11.2 Å². The van der Waals surface area contributed by atoms with Gasteiger partial charge in [-0.3, -0.25) is 4.79 Å². The molecule has 21 heavy (non-hydrogen) atoms. The monoisotopic (exact) mass is 290 g/mol. The van der Waals surface area contributed by atoms with Gasteiger partial charge in [-0.15, -0.1) is 0 Å². The molecule has 0 unspecified atom stereocenters. The van der Waals surface area contributed by atoms with Gasteiger partial charge in [0.05, 0.1) is 6.54 Å². The largest absolute Gasteiger partial charge is 0.492 e. The van der Waals surface area contributed by atoms with Gasteiger partial charge in [0, 0.05) is 13.0 Å². The van der Waals surface area contributed by atoms with Crippen LogP contribution < -0.4 is 10.5 Å². The first-order valence-corrected chi connectivity index (χ1v) is 7.99. The number of benzene rings is 1. The second-order valence-electron chi connectivity index (χ2n) is 5.58. The Kier molecular flexibility index (Phi) is 6.54. The van der Waals surface area contributed by atoms with Gasteiger partial charge >= 0.3 is 0 Å². The van der Waals surface area contributed by atoms with E-state index in [1.54, 1.807) is 0 Å². The van der Waals surface area contributed by atoms with E-state index in [2.05, 4.69) is 0 Å². The average Bonchev–Trinajstić information content (AvgIpc) is 2.48. The summed E-state index contributed by atoms with van der Waals surface area (Å²) >= 11 is 0. The maximum Gasteiger partial charge on any atom is 0.222 e. The van der Waals surface area contributed by atoms with Crippen LogP contribution in [-0.4, -0.2) is 37.0 Å². The molecule has 1 saturated heterocycles. The van der Waals surface area contributed by atoms with Crippen LogP contribution in [0.4, 0.5) is 0 Å². The Morgan fingerprint density at radius 1 is 1.10 bits per heavy atom. The van der Waals surface area contributed by atoms with Crippen molar-refractivity contribution in [2.24, 2.45) is 5.73 Å². The molecule has 0 bridgehead atoms. The molecular weight excluding hydrogens is 264 g/mol. The van der Waals surface area contributed by atoms with Crippen LogP contribution in [0.2, 0.25) is 0 Å². The van der Waals surface area contributed by atoms with Crippen LogP contribution in [0.3, 0.4) is 0 Å². The molecule has 0 radical (unpaired) electrons. The SMILES string of the molecule is NCCc1ccc(OCCN2CCCCCCC2=O)cc1. The van der Waals surface area contributed by atoms with Crippen molar-refractivity contribution < 1.29 is 9.53 Å². The van der Waals surface area contributed by atoms with Gasteiger partial charge in [-0.2, -0.15) is 0 Å². The van der Waals surface area contributed by atoms with Crippen molar-refractivity contribution in [2.45, 2.75) is 38.5 Å². The smallest absolute Gasteiger partial charge is 0.222 e. The van der Waals surface area contributed by atoms with E-state index in [1.165, 1.54) is 18.4 Å². The number of carbonyl (C=O) groups excluding carboxylic acids is 1. The van der Waals surface area contributed by atoms with E-state index in [4.69, 9.17) is 10.5 Å². The highest BCUT2D eigenvalue weighted by molar-refractivity contribution is 5.76. The highest BCUT2D eigenvalue weighted by atomic mass is 16.5. The van der Waals surface area contributed by atoms with Gasteiger partial charge in [0.2, 0.25) is 5.91 Å². The quantitative estimate of drug-likeness (QED) is 0.875. The number of likely N-dealkylation sites (tertiary alicyclic amines) is 1. The predicted molar refractivity (Wildman–Crippen MR) is 84.4 cm³/mol. The third-order valence-electron chi connectivity index (χ3n) is 3.91. The Balaban J connectivity index is 1.75. The molecule has 4 nitrogen and oxygen atoms in total. The highest BCUT2D eigenvalue weighted by Gasteiger charge is 2.15. The number of hydrogen-bond acceptors (Lipinski definition) is 3. The summed E-state index contributed by atoms with van der Waals surface area (Å²) in [5.74, 6) is 1.13. The number of hydrogen-bond donors (Lipinski definition) is 1. The summed E-state index contributed by atoms with van der Waals surface area (Å²) in [6, 6.07) is 8.04. The van der Waals surface area contributed by atoms with Crippen molar-refractivity contribution >= 4 is 5.91 Å². The average molecular weight is 290 g/mol. The van der Waals surface area contributed by atoms with E-state index >= 15 is 0 Å². The Morgan fingerprint density at radius 2 is 1.86 bits per heavy atom. The van der Waals surface area contributed by atoms with Crippen LogP contribution in [0.5, 0.6) is 5.75 Å². The maximum absolute atomic E-state index is 12.0. The summed E-state index contributed by atoms with van der Waals surface area (Å²) in [5, 5.41) is 0. The Labute approximate surface area is 127 Å². The van der Waals surface area contributed by atoms with E-state index in [-0.39, 0.29) is 5.91 Å². The van der Waals surface area contributed by atoms with Crippen molar-refractivity contribution in [3.63, 3.8) is 0 Å².